The van der Waals surface area contributed by atoms with Crippen molar-refractivity contribution in [3.05, 3.63) is 0 Å². The Morgan fingerprint density at radius 2 is 1.57 bits per heavy atom. The van der Waals surface area contributed by atoms with Crippen LogP contribution in [0.1, 0.15) is 20.8 Å². The Hall–Kier alpha value is -0.0800. The minimum absolute atomic E-state index is 0.500. The summed E-state index contributed by atoms with van der Waals surface area (Å²) in [5, 5.41) is 18.4. The highest BCUT2D eigenvalue weighted by molar-refractivity contribution is 4.60. The SMILES string of the molecule is CC(C)(C)C([O])O. The van der Waals surface area contributed by atoms with Crippen LogP contribution < -0.4 is 0 Å². The van der Waals surface area contributed by atoms with Crippen LogP contribution in [0.15, 0.2) is 0 Å². The lowest BCUT2D eigenvalue weighted by atomic mass is 9.96. The minimum atomic E-state index is -1.45. The van der Waals surface area contributed by atoms with Gasteiger partial charge in [0.1, 0.15) is 0 Å². The maximum atomic E-state index is 10.1. The van der Waals surface area contributed by atoms with Gasteiger partial charge in [0.15, 0.2) is 6.29 Å². The molecule has 0 aliphatic carbocycles. The summed E-state index contributed by atoms with van der Waals surface area (Å²) in [6, 6.07) is 0. The van der Waals surface area contributed by atoms with E-state index in [1.165, 1.54) is 0 Å². The largest absolute Gasteiger partial charge is 0.365 e. The lowest BCUT2D eigenvalue weighted by Crippen LogP contribution is -2.23. The molecule has 2 heteroatoms. The number of hydrogen-bond donors (Lipinski definition) is 1. The highest BCUT2D eigenvalue weighted by Crippen LogP contribution is 2.16. The summed E-state index contributed by atoms with van der Waals surface area (Å²) in [4.78, 5) is 0. The summed E-state index contributed by atoms with van der Waals surface area (Å²) in [7, 11) is 0. The van der Waals surface area contributed by atoms with E-state index in [-0.39, 0.29) is 0 Å². The highest BCUT2D eigenvalue weighted by Gasteiger charge is 2.19. The summed E-state index contributed by atoms with van der Waals surface area (Å²) in [6.07, 6.45) is -1.45. The molecule has 0 saturated heterocycles. The number of hydrogen-bond acceptors (Lipinski definition) is 1. The van der Waals surface area contributed by atoms with Crippen molar-refractivity contribution in [2.45, 2.75) is 27.1 Å². The average Bonchev–Trinajstić information content (AvgIpc) is 1.31. The summed E-state index contributed by atoms with van der Waals surface area (Å²) in [5.41, 5.74) is -0.500. The first-order valence-corrected chi connectivity index (χ1v) is 2.28. The molecule has 0 aromatic heterocycles. The van der Waals surface area contributed by atoms with Gasteiger partial charge < -0.3 is 5.11 Å². The lowest BCUT2D eigenvalue weighted by Gasteiger charge is -2.17. The molecule has 1 radical (unpaired) electrons. The van der Waals surface area contributed by atoms with E-state index in [9.17, 15) is 5.11 Å². The molecule has 0 fully saturated rings. The topological polar surface area (TPSA) is 40.1 Å². The molecule has 7 heavy (non-hydrogen) atoms. The van der Waals surface area contributed by atoms with Crippen LogP contribution in [0.2, 0.25) is 0 Å². The molecule has 1 atom stereocenters. The van der Waals surface area contributed by atoms with Crippen LogP contribution in [0.25, 0.3) is 0 Å². The summed E-state index contributed by atoms with van der Waals surface area (Å²) in [5.74, 6) is 0. The molecule has 2 nitrogen and oxygen atoms in total. The molecule has 1 N–H and O–H groups in total. The van der Waals surface area contributed by atoms with Crippen LogP contribution in [0.4, 0.5) is 0 Å². The van der Waals surface area contributed by atoms with E-state index in [1.54, 1.807) is 20.8 Å². The molecule has 0 amide bonds. The fraction of sp³-hybridized carbons (Fsp3) is 1.00. The standard InChI is InChI=1S/C5H11O2/c1-5(2,3)4(6)7/h4,6H,1-3H3. The summed E-state index contributed by atoms with van der Waals surface area (Å²) < 4.78 is 0. The van der Waals surface area contributed by atoms with E-state index >= 15 is 0 Å². The van der Waals surface area contributed by atoms with Gasteiger partial charge in [-0.2, -0.15) is 0 Å². The molecule has 43 valence electrons. The molecular formula is C5H11O2. The van der Waals surface area contributed by atoms with Crippen molar-refractivity contribution >= 4 is 0 Å². The van der Waals surface area contributed by atoms with Crippen LogP contribution in [-0.2, 0) is 5.11 Å². The Kier molecular flexibility index (Phi) is 1.78. The van der Waals surface area contributed by atoms with E-state index in [4.69, 9.17) is 5.11 Å². The van der Waals surface area contributed by atoms with Crippen LogP contribution in [0, 0.1) is 5.41 Å². The molecule has 0 rings (SSSR count). The average molecular weight is 103 g/mol. The Labute approximate surface area is 43.8 Å². The second-order valence-electron chi connectivity index (χ2n) is 2.72. The zero-order valence-electron chi connectivity index (χ0n) is 4.93. The van der Waals surface area contributed by atoms with Crippen LogP contribution >= 0.6 is 0 Å². The van der Waals surface area contributed by atoms with Gasteiger partial charge in [-0.05, 0) is 0 Å². The van der Waals surface area contributed by atoms with Gasteiger partial charge in [-0.3, -0.25) is 0 Å². The Balaban J connectivity index is 3.54. The summed E-state index contributed by atoms with van der Waals surface area (Å²) in [6.45, 7) is 5.10. The first kappa shape index (κ1) is 6.92. The highest BCUT2D eigenvalue weighted by atomic mass is 16.5. The van der Waals surface area contributed by atoms with E-state index in [0.29, 0.717) is 0 Å². The van der Waals surface area contributed by atoms with Crippen molar-refractivity contribution in [3.8, 4) is 0 Å². The monoisotopic (exact) mass is 103 g/mol. The van der Waals surface area contributed by atoms with Crippen LogP contribution in [0.5, 0.6) is 0 Å². The Morgan fingerprint density at radius 1 is 1.43 bits per heavy atom. The van der Waals surface area contributed by atoms with Gasteiger partial charge in [-0.25, -0.2) is 5.11 Å². The third-order valence-corrected chi connectivity index (χ3v) is 0.741. The summed E-state index contributed by atoms with van der Waals surface area (Å²) >= 11 is 0. The van der Waals surface area contributed by atoms with Gasteiger partial charge in [0, 0.05) is 5.41 Å². The maximum absolute atomic E-state index is 10.1. The van der Waals surface area contributed by atoms with Crippen molar-refractivity contribution < 1.29 is 10.2 Å². The first-order valence-electron chi connectivity index (χ1n) is 2.28. The van der Waals surface area contributed by atoms with Gasteiger partial charge in [0.25, 0.3) is 0 Å². The van der Waals surface area contributed by atoms with E-state index in [0.717, 1.165) is 0 Å². The fourth-order valence-electron chi connectivity index (χ4n) is 0. The molecule has 0 saturated carbocycles. The molecule has 1 unspecified atom stereocenters. The van der Waals surface area contributed by atoms with Crippen molar-refractivity contribution in [3.63, 3.8) is 0 Å². The van der Waals surface area contributed by atoms with E-state index in [1.807, 2.05) is 0 Å². The molecule has 0 aromatic carbocycles. The van der Waals surface area contributed by atoms with E-state index in [2.05, 4.69) is 0 Å². The normalized spacial score (nSPS) is 12.9. The quantitative estimate of drug-likeness (QED) is 0.452. The number of aliphatic hydroxyl groups is 1. The molecule has 0 aliphatic rings. The van der Waals surface area contributed by atoms with Crippen LogP contribution in [-0.4, -0.2) is 11.4 Å². The second kappa shape index (κ2) is 1.80. The fourth-order valence-corrected chi connectivity index (χ4v) is 0. The number of aliphatic hydroxyl groups excluding tert-OH is 1. The number of rotatable bonds is 0. The zero-order chi connectivity index (χ0) is 6.08. The second-order valence-corrected chi connectivity index (χ2v) is 2.72. The third-order valence-electron chi connectivity index (χ3n) is 0.741. The predicted molar refractivity (Wildman–Crippen MR) is 26.1 cm³/mol. The lowest BCUT2D eigenvalue weighted by molar-refractivity contribution is -0.156. The van der Waals surface area contributed by atoms with Gasteiger partial charge in [0.2, 0.25) is 0 Å². The smallest absolute Gasteiger partial charge is 0.193 e. The van der Waals surface area contributed by atoms with Crippen molar-refractivity contribution in [2.75, 3.05) is 0 Å². The minimum Gasteiger partial charge on any atom is -0.365 e. The van der Waals surface area contributed by atoms with E-state index < -0.39 is 11.7 Å². The van der Waals surface area contributed by atoms with Gasteiger partial charge >= 0.3 is 0 Å². The van der Waals surface area contributed by atoms with Crippen molar-refractivity contribution in [2.24, 2.45) is 5.41 Å². The first-order chi connectivity index (χ1) is 2.94. The van der Waals surface area contributed by atoms with Crippen molar-refractivity contribution in [1.82, 2.24) is 0 Å². The van der Waals surface area contributed by atoms with Crippen molar-refractivity contribution in [1.29, 1.82) is 0 Å². The molecule has 0 heterocycles. The van der Waals surface area contributed by atoms with Crippen LogP contribution in [0.3, 0.4) is 0 Å². The molecule has 0 spiro atoms. The Morgan fingerprint density at radius 3 is 1.57 bits per heavy atom. The molecular weight excluding hydrogens is 92.1 g/mol. The zero-order valence-corrected chi connectivity index (χ0v) is 4.93. The van der Waals surface area contributed by atoms with Gasteiger partial charge in [-0.15, -0.1) is 0 Å². The maximum Gasteiger partial charge on any atom is 0.193 e. The third kappa shape index (κ3) is 2.60. The molecule has 0 bridgehead atoms. The Bertz CT molecular complexity index is 51.6. The van der Waals surface area contributed by atoms with Gasteiger partial charge in [0.05, 0.1) is 0 Å². The van der Waals surface area contributed by atoms with Gasteiger partial charge in [-0.1, -0.05) is 20.8 Å². The molecule has 0 aliphatic heterocycles. The molecule has 0 aromatic rings. The predicted octanol–water partition coefficient (Wildman–Crippen LogP) is 0.781.